The molecule has 0 saturated heterocycles. The molecule has 0 aliphatic carbocycles. The Morgan fingerprint density at radius 3 is 1.29 bits per heavy atom. The fourth-order valence-electron chi connectivity index (χ4n) is 3.40. The average Bonchev–Trinajstić information content (AvgIpc) is 2.65. The second-order valence-electron chi connectivity index (χ2n) is 6.00. The Bertz CT molecular complexity index is 644. The molecule has 3 aromatic rings. The number of hydrogen-bond donors (Lipinski definition) is 1. The minimum absolute atomic E-state index is 0.315. The predicted molar refractivity (Wildman–Crippen MR) is 113 cm³/mol. The van der Waals surface area contributed by atoms with Crippen LogP contribution in [-0.4, -0.2) is 4.99 Å². The van der Waals surface area contributed by atoms with Gasteiger partial charge in [-0.1, -0.05) is 67.9 Å². The summed E-state index contributed by atoms with van der Waals surface area (Å²) in [6.45, 7) is 2.25. The molecular formula is C22H24PS+. The molecule has 0 amide bonds. The first kappa shape index (κ1) is 17.3. The molecule has 24 heavy (non-hydrogen) atoms. The summed E-state index contributed by atoms with van der Waals surface area (Å²) >= 11 is 5.17. The Balaban J connectivity index is 2.33. The normalized spacial score (nSPS) is 12.8. The standard InChI is InChI=1S/C22H23PS/c1-2-12-22(24)23(19-13-6-3-7-14-19,20-15-8-4-9-16-20)21-17-10-5-11-18-21/h3-11,13-18,22H,2,12H2,1H3/p+1. The molecule has 1 atom stereocenters. The first-order valence-electron chi connectivity index (χ1n) is 8.53. The molecule has 2 heteroatoms. The smallest absolute Gasteiger partial charge is 0.126 e. The molecule has 3 rings (SSSR count). The Morgan fingerprint density at radius 1 is 0.667 bits per heavy atom. The zero-order valence-corrected chi connectivity index (χ0v) is 15.8. The van der Waals surface area contributed by atoms with E-state index in [1.54, 1.807) is 0 Å². The van der Waals surface area contributed by atoms with Crippen LogP contribution in [0.5, 0.6) is 0 Å². The Hall–Kier alpha value is -1.56. The summed E-state index contributed by atoms with van der Waals surface area (Å²) in [5, 5.41) is 4.24. The van der Waals surface area contributed by atoms with E-state index in [0.29, 0.717) is 4.99 Å². The van der Waals surface area contributed by atoms with Crippen LogP contribution in [0.15, 0.2) is 91.0 Å². The van der Waals surface area contributed by atoms with Gasteiger partial charge in [-0.15, -0.1) is 12.6 Å². The van der Waals surface area contributed by atoms with Crippen LogP contribution < -0.4 is 15.9 Å². The van der Waals surface area contributed by atoms with Gasteiger partial charge in [0.05, 0.1) is 0 Å². The van der Waals surface area contributed by atoms with E-state index in [0.717, 1.165) is 12.8 Å². The van der Waals surface area contributed by atoms with Crippen LogP contribution in [0, 0.1) is 0 Å². The van der Waals surface area contributed by atoms with Crippen molar-refractivity contribution in [3.63, 3.8) is 0 Å². The molecule has 122 valence electrons. The van der Waals surface area contributed by atoms with Crippen molar-refractivity contribution in [2.45, 2.75) is 24.8 Å². The maximum absolute atomic E-state index is 5.17. The highest BCUT2D eigenvalue weighted by molar-refractivity contribution is 8.06. The molecule has 0 bridgehead atoms. The molecule has 0 radical (unpaired) electrons. The molecule has 0 N–H and O–H groups in total. The number of benzene rings is 3. The van der Waals surface area contributed by atoms with E-state index < -0.39 is 7.26 Å². The zero-order chi connectivity index (χ0) is 16.8. The van der Waals surface area contributed by atoms with E-state index >= 15 is 0 Å². The van der Waals surface area contributed by atoms with Gasteiger partial charge >= 0.3 is 0 Å². The quantitative estimate of drug-likeness (QED) is 0.467. The van der Waals surface area contributed by atoms with E-state index in [4.69, 9.17) is 12.6 Å². The molecule has 3 aromatic carbocycles. The van der Waals surface area contributed by atoms with E-state index in [-0.39, 0.29) is 0 Å². The van der Waals surface area contributed by atoms with Gasteiger partial charge in [-0.3, -0.25) is 0 Å². The van der Waals surface area contributed by atoms with Gasteiger partial charge in [0.1, 0.15) is 28.2 Å². The Morgan fingerprint density at radius 2 is 1.00 bits per heavy atom. The average molecular weight is 351 g/mol. The molecule has 0 saturated carbocycles. The SMILES string of the molecule is CCCC(S)[P+](c1ccccc1)(c1ccccc1)c1ccccc1. The third kappa shape index (κ3) is 3.16. The summed E-state index contributed by atoms with van der Waals surface area (Å²) in [6.07, 6.45) is 2.25. The fraction of sp³-hybridized carbons (Fsp3) is 0.182. The molecule has 0 aliphatic heterocycles. The van der Waals surface area contributed by atoms with Gasteiger partial charge < -0.3 is 0 Å². The maximum atomic E-state index is 5.17. The Labute approximate surface area is 151 Å². The lowest BCUT2D eigenvalue weighted by atomic mass is 10.3. The van der Waals surface area contributed by atoms with Crippen LogP contribution in [0.2, 0.25) is 0 Å². The van der Waals surface area contributed by atoms with Crippen molar-refractivity contribution < 1.29 is 0 Å². The lowest BCUT2D eigenvalue weighted by Crippen LogP contribution is -2.36. The van der Waals surface area contributed by atoms with Crippen LogP contribution in [0.1, 0.15) is 19.8 Å². The molecule has 0 heterocycles. The van der Waals surface area contributed by atoms with Gasteiger partial charge in [-0.25, -0.2) is 0 Å². The van der Waals surface area contributed by atoms with Crippen molar-refractivity contribution in [1.82, 2.24) is 0 Å². The van der Waals surface area contributed by atoms with Gasteiger partial charge in [0, 0.05) is 0 Å². The van der Waals surface area contributed by atoms with Crippen molar-refractivity contribution in [2.24, 2.45) is 0 Å². The van der Waals surface area contributed by atoms with Crippen molar-refractivity contribution >= 4 is 35.8 Å². The zero-order valence-electron chi connectivity index (χ0n) is 14.0. The number of hydrogen-bond acceptors (Lipinski definition) is 1. The summed E-state index contributed by atoms with van der Waals surface area (Å²) in [5.74, 6) is 0. The van der Waals surface area contributed by atoms with Crippen LogP contribution in [0.3, 0.4) is 0 Å². The summed E-state index contributed by atoms with van der Waals surface area (Å²) < 4.78 is 0. The van der Waals surface area contributed by atoms with Crippen molar-refractivity contribution in [1.29, 1.82) is 0 Å². The molecular weight excluding hydrogens is 327 g/mol. The minimum Gasteiger partial charge on any atom is -0.134 e. The van der Waals surface area contributed by atoms with E-state index in [1.165, 1.54) is 15.9 Å². The first-order valence-corrected chi connectivity index (χ1v) is 10.9. The monoisotopic (exact) mass is 351 g/mol. The van der Waals surface area contributed by atoms with E-state index in [9.17, 15) is 0 Å². The van der Waals surface area contributed by atoms with Crippen LogP contribution in [0.4, 0.5) is 0 Å². The molecule has 0 fully saturated rings. The Kier molecular flexibility index (Phi) is 5.76. The number of thiol groups is 1. The minimum atomic E-state index is -1.80. The van der Waals surface area contributed by atoms with E-state index in [2.05, 4.69) is 97.9 Å². The predicted octanol–water partition coefficient (Wildman–Crippen LogP) is 5.04. The lowest BCUT2D eigenvalue weighted by molar-refractivity contribution is 0.867. The third-order valence-electron chi connectivity index (χ3n) is 4.48. The van der Waals surface area contributed by atoms with Gasteiger partial charge in [0.2, 0.25) is 0 Å². The van der Waals surface area contributed by atoms with Crippen LogP contribution >= 0.6 is 19.9 Å². The van der Waals surface area contributed by atoms with Crippen LogP contribution in [-0.2, 0) is 0 Å². The summed E-state index contributed by atoms with van der Waals surface area (Å²) in [6, 6.07) is 32.9. The first-order chi connectivity index (χ1) is 11.8. The van der Waals surface area contributed by atoms with Gasteiger partial charge in [-0.05, 0) is 42.8 Å². The second-order valence-corrected chi connectivity index (χ2v) is 10.6. The molecule has 1 unspecified atom stereocenters. The highest BCUT2D eigenvalue weighted by Gasteiger charge is 2.50. The number of rotatable bonds is 6. The molecule has 0 aromatic heterocycles. The lowest BCUT2D eigenvalue weighted by Gasteiger charge is -2.32. The van der Waals surface area contributed by atoms with Gasteiger partial charge in [0.15, 0.2) is 0 Å². The molecule has 0 nitrogen and oxygen atoms in total. The van der Waals surface area contributed by atoms with Crippen molar-refractivity contribution in [3.05, 3.63) is 91.0 Å². The summed E-state index contributed by atoms with van der Waals surface area (Å²) in [5.41, 5.74) is 0. The van der Waals surface area contributed by atoms with Crippen molar-refractivity contribution in [3.8, 4) is 0 Å². The molecule has 0 spiro atoms. The van der Waals surface area contributed by atoms with Gasteiger partial charge in [-0.2, -0.15) is 0 Å². The highest BCUT2D eigenvalue weighted by Crippen LogP contribution is 2.62. The summed E-state index contributed by atoms with van der Waals surface area (Å²) in [4.78, 5) is 0.315. The topological polar surface area (TPSA) is 0 Å². The fourth-order valence-corrected chi connectivity index (χ4v) is 9.36. The maximum Gasteiger partial charge on any atom is 0.126 e. The second kappa shape index (κ2) is 8.01. The summed E-state index contributed by atoms with van der Waals surface area (Å²) in [7, 11) is -1.80. The van der Waals surface area contributed by atoms with Gasteiger partial charge in [0.25, 0.3) is 0 Å². The van der Waals surface area contributed by atoms with E-state index in [1.807, 2.05) is 0 Å². The van der Waals surface area contributed by atoms with Crippen LogP contribution in [0.25, 0.3) is 0 Å². The highest BCUT2D eigenvalue weighted by atomic mass is 32.1. The molecule has 0 aliphatic rings. The third-order valence-corrected chi connectivity index (χ3v) is 10.3. The van der Waals surface area contributed by atoms with Crippen molar-refractivity contribution in [2.75, 3.05) is 0 Å². The largest absolute Gasteiger partial charge is 0.134 e.